The molecule has 1 aromatic carbocycles. The number of thiophene rings is 1. The number of fused-ring (bicyclic) bond motifs is 1. The van der Waals surface area contributed by atoms with E-state index in [1.165, 1.54) is 11.3 Å². The highest BCUT2D eigenvalue weighted by Crippen LogP contribution is 2.25. The van der Waals surface area contributed by atoms with Gasteiger partial charge in [-0.3, -0.25) is 4.79 Å². The van der Waals surface area contributed by atoms with Gasteiger partial charge in [0.2, 0.25) is 0 Å². The van der Waals surface area contributed by atoms with Crippen molar-refractivity contribution in [3.05, 3.63) is 57.8 Å². The molecule has 108 valence electrons. The molecule has 0 saturated carbocycles. The molecular formula is C16H15NO3S. The Hall–Kier alpha value is -2.11. The first-order chi connectivity index (χ1) is 10.2. The van der Waals surface area contributed by atoms with Gasteiger partial charge in [-0.2, -0.15) is 11.3 Å². The van der Waals surface area contributed by atoms with Gasteiger partial charge in [0, 0.05) is 12.1 Å². The van der Waals surface area contributed by atoms with Crippen LogP contribution in [0.25, 0.3) is 6.08 Å². The average molecular weight is 301 g/mol. The molecule has 0 radical (unpaired) electrons. The van der Waals surface area contributed by atoms with Crippen LogP contribution in [0.1, 0.15) is 17.2 Å². The second-order valence-corrected chi connectivity index (χ2v) is 5.56. The number of aliphatic hydroxyl groups is 1. The normalized spacial score (nSPS) is 14.6. The van der Waals surface area contributed by atoms with Gasteiger partial charge in [-0.1, -0.05) is 18.2 Å². The molecule has 0 fully saturated rings. The maximum Gasteiger partial charge on any atom is 0.250 e. The van der Waals surface area contributed by atoms with Crippen molar-refractivity contribution in [3.8, 4) is 5.75 Å². The summed E-state index contributed by atoms with van der Waals surface area (Å²) in [7, 11) is 0. The number of para-hydroxylation sites is 1. The van der Waals surface area contributed by atoms with Gasteiger partial charge in [-0.15, -0.1) is 0 Å². The molecular weight excluding hydrogens is 286 g/mol. The molecule has 1 aliphatic heterocycles. The summed E-state index contributed by atoms with van der Waals surface area (Å²) < 4.78 is 5.55. The summed E-state index contributed by atoms with van der Waals surface area (Å²) in [5, 5.41) is 16.5. The average Bonchev–Trinajstić information content (AvgIpc) is 3.06. The van der Waals surface area contributed by atoms with E-state index in [-0.39, 0.29) is 19.1 Å². The predicted molar refractivity (Wildman–Crippen MR) is 82.2 cm³/mol. The largest absolute Gasteiger partial charge is 0.488 e. The third kappa shape index (κ3) is 3.15. The molecule has 1 amide bonds. The van der Waals surface area contributed by atoms with Crippen LogP contribution in [0, 0.1) is 0 Å². The highest BCUT2D eigenvalue weighted by molar-refractivity contribution is 7.07. The smallest absolute Gasteiger partial charge is 0.250 e. The van der Waals surface area contributed by atoms with Crippen LogP contribution in [0.3, 0.4) is 0 Å². The van der Waals surface area contributed by atoms with Crippen molar-refractivity contribution in [1.82, 2.24) is 5.32 Å². The second kappa shape index (κ2) is 6.11. The van der Waals surface area contributed by atoms with Crippen molar-refractivity contribution in [2.75, 3.05) is 13.2 Å². The summed E-state index contributed by atoms with van der Waals surface area (Å²) in [6.07, 6.45) is 1.14. The lowest BCUT2D eigenvalue weighted by atomic mass is 10.1. The summed E-state index contributed by atoms with van der Waals surface area (Å²) >= 11 is 1.52. The number of hydrogen-bond acceptors (Lipinski definition) is 4. The van der Waals surface area contributed by atoms with Crippen LogP contribution >= 0.6 is 11.3 Å². The Morgan fingerprint density at radius 2 is 2.24 bits per heavy atom. The van der Waals surface area contributed by atoms with E-state index < -0.39 is 6.10 Å². The van der Waals surface area contributed by atoms with Crippen LogP contribution in [0.15, 0.2) is 46.7 Å². The zero-order valence-electron chi connectivity index (χ0n) is 11.3. The molecule has 21 heavy (non-hydrogen) atoms. The molecule has 0 spiro atoms. The van der Waals surface area contributed by atoms with Gasteiger partial charge in [0.1, 0.15) is 12.4 Å². The van der Waals surface area contributed by atoms with Crippen molar-refractivity contribution in [1.29, 1.82) is 0 Å². The van der Waals surface area contributed by atoms with Crippen molar-refractivity contribution in [2.24, 2.45) is 0 Å². The van der Waals surface area contributed by atoms with Crippen LogP contribution in [0.5, 0.6) is 5.75 Å². The van der Waals surface area contributed by atoms with E-state index in [2.05, 4.69) is 5.32 Å². The Bertz CT molecular complexity index is 664. The molecule has 1 atom stereocenters. The molecule has 2 aromatic rings. The minimum absolute atomic E-state index is 0.189. The lowest BCUT2D eigenvalue weighted by Crippen LogP contribution is -2.31. The minimum Gasteiger partial charge on any atom is -0.488 e. The number of rotatable bonds is 4. The third-order valence-corrected chi connectivity index (χ3v) is 4.01. The standard InChI is InChI=1S/C16H15NO3S/c18-14(12-5-6-21-10-12)8-17-16(19)13-7-11-3-1-2-4-15(11)20-9-13/h1-7,10,14,18H,8-9H2,(H,17,19). The van der Waals surface area contributed by atoms with Crippen molar-refractivity contribution in [3.63, 3.8) is 0 Å². The van der Waals surface area contributed by atoms with Gasteiger partial charge in [0.05, 0.1) is 11.7 Å². The maximum atomic E-state index is 12.1. The number of benzene rings is 1. The Labute approximate surface area is 126 Å². The van der Waals surface area contributed by atoms with Crippen molar-refractivity contribution >= 4 is 23.3 Å². The van der Waals surface area contributed by atoms with Crippen LogP contribution in [-0.4, -0.2) is 24.2 Å². The van der Waals surface area contributed by atoms with Crippen LogP contribution in [-0.2, 0) is 4.79 Å². The SMILES string of the molecule is O=C(NCC(O)c1ccsc1)C1=Cc2ccccc2OC1. The first-order valence-corrected chi connectivity index (χ1v) is 7.59. The fourth-order valence-electron chi connectivity index (χ4n) is 2.13. The van der Waals surface area contributed by atoms with Crippen LogP contribution < -0.4 is 10.1 Å². The number of aliphatic hydroxyl groups excluding tert-OH is 1. The van der Waals surface area contributed by atoms with Gasteiger partial charge < -0.3 is 15.2 Å². The number of carbonyl (C=O) groups is 1. The van der Waals surface area contributed by atoms with E-state index in [1.807, 2.05) is 47.2 Å². The van der Waals surface area contributed by atoms with Gasteiger partial charge in [-0.25, -0.2) is 0 Å². The molecule has 1 unspecified atom stereocenters. The number of nitrogens with one attached hydrogen (secondary N) is 1. The van der Waals surface area contributed by atoms with E-state index in [9.17, 15) is 9.90 Å². The summed E-state index contributed by atoms with van der Waals surface area (Å²) in [4.78, 5) is 12.1. The molecule has 3 rings (SSSR count). The summed E-state index contributed by atoms with van der Waals surface area (Å²) in [5.74, 6) is 0.575. The molecule has 0 aliphatic carbocycles. The quantitative estimate of drug-likeness (QED) is 0.911. The Balaban J connectivity index is 1.63. The Morgan fingerprint density at radius 1 is 1.38 bits per heavy atom. The lowest BCUT2D eigenvalue weighted by Gasteiger charge is -2.18. The first kappa shape index (κ1) is 13.9. The zero-order chi connectivity index (χ0) is 14.7. The number of carbonyl (C=O) groups excluding carboxylic acids is 1. The molecule has 0 bridgehead atoms. The number of ether oxygens (including phenoxy) is 1. The molecule has 2 heterocycles. The van der Waals surface area contributed by atoms with Gasteiger partial charge in [-0.05, 0) is 34.5 Å². The van der Waals surface area contributed by atoms with Gasteiger partial charge >= 0.3 is 0 Å². The van der Waals surface area contributed by atoms with Crippen molar-refractivity contribution < 1.29 is 14.6 Å². The van der Waals surface area contributed by atoms with E-state index in [4.69, 9.17) is 4.74 Å². The zero-order valence-corrected chi connectivity index (χ0v) is 12.1. The fraction of sp³-hybridized carbons (Fsp3) is 0.188. The highest BCUT2D eigenvalue weighted by atomic mass is 32.1. The molecule has 2 N–H and O–H groups in total. The van der Waals surface area contributed by atoms with Gasteiger partial charge in [0.25, 0.3) is 5.91 Å². The highest BCUT2D eigenvalue weighted by Gasteiger charge is 2.18. The van der Waals surface area contributed by atoms with Crippen molar-refractivity contribution in [2.45, 2.75) is 6.10 Å². The molecule has 1 aliphatic rings. The van der Waals surface area contributed by atoms with E-state index in [0.717, 1.165) is 16.9 Å². The molecule has 0 saturated heterocycles. The van der Waals surface area contributed by atoms with E-state index in [0.29, 0.717) is 5.57 Å². The van der Waals surface area contributed by atoms with Gasteiger partial charge in [0.15, 0.2) is 0 Å². The van der Waals surface area contributed by atoms with E-state index >= 15 is 0 Å². The fourth-order valence-corrected chi connectivity index (χ4v) is 2.84. The first-order valence-electron chi connectivity index (χ1n) is 6.65. The third-order valence-electron chi connectivity index (χ3n) is 3.31. The predicted octanol–water partition coefficient (Wildman–Crippen LogP) is 2.37. The molecule has 1 aromatic heterocycles. The van der Waals surface area contributed by atoms with Crippen LogP contribution in [0.2, 0.25) is 0 Å². The number of hydrogen-bond donors (Lipinski definition) is 2. The van der Waals surface area contributed by atoms with Crippen LogP contribution in [0.4, 0.5) is 0 Å². The second-order valence-electron chi connectivity index (χ2n) is 4.78. The summed E-state index contributed by atoms with van der Waals surface area (Å²) in [5.41, 5.74) is 2.28. The maximum absolute atomic E-state index is 12.1. The topological polar surface area (TPSA) is 58.6 Å². The summed E-state index contributed by atoms with van der Waals surface area (Å²) in [6.45, 7) is 0.436. The minimum atomic E-state index is -0.683. The molecule has 4 nitrogen and oxygen atoms in total. The lowest BCUT2D eigenvalue weighted by molar-refractivity contribution is -0.118. The number of amides is 1. The Morgan fingerprint density at radius 3 is 3.05 bits per heavy atom. The van der Waals surface area contributed by atoms with E-state index in [1.54, 1.807) is 0 Å². The molecule has 5 heteroatoms. The summed E-state index contributed by atoms with van der Waals surface area (Å²) in [6, 6.07) is 9.43. The Kier molecular flexibility index (Phi) is 4.03. The monoisotopic (exact) mass is 301 g/mol.